The van der Waals surface area contributed by atoms with E-state index in [1.165, 1.54) is 29.3 Å². The van der Waals surface area contributed by atoms with Crippen molar-refractivity contribution in [2.24, 2.45) is 5.92 Å². The lowest BCUT2D eigenvalue weighted by Gasteiger charge is -2.32. The molecule has 0 bridgehead atoms. The van der Waals surface area contributed by atoms with Crippen LogP contribution >= 0.6 is 0 Å². The second-order valence-electron chi connectivity index (χ2n) is 7.79. The molecular weight excluding hydrogens is 390 g/mol. The Balaban J connectivity index is 1.43. The molecule has 4 rings (SSSR count). The number of aryl methyl sites for hydroxylation is 2. The van der Waals surface area contributed by atoms with Crippen LogP contribution in [0.15, 0.2) is 42.5 Å². The quantitative estimate of drug-likeness (QED) is 0.795. The Hall–Kier alpha value is -2.96. The lowest BCUT2D eigenvalue weighted by atomic mass is 9.96. The van der Waals surface area contributed by atoms with Crippen molar-refractivity contribution in [3.63, 3.8) is 0 Å². The van der Waals surface area contributed by atoms with E-state index in [0.717, 1.165) is 24.9 Å². The van der Waals surface area contributed by atoms with E-state index in [4.69, 9.17) is 0 Å². The van der Waals surface area contributed by atoms with Crippen LogP contribution in [0, 0.1) is 5.92 Å². The highest BCUT2D eigenvalue weighted by molar-refractivity contribution is 5.98. The summed E-state index contributed by atoms with van der Waals surface area (Å²) in [5.41, 5.74) is 3.48. The number of rotatable bonds is 5. The molecule has 0 spiro atoms. The number of nitrogens with zero attached hydrogens (tertiary/aromatic N) is 1. The predicted octanol–water partition coefficient (Wildman–Crippen LogP) is 4.27. The van der Waals surface area contributed by atoms with Gasteiger partial charge in [-0.05, 0) is 67.5 Å². The minimum absolute atomic E-state index is 0.0810. The summed E-state index contributed by atoms with van der Waals surface area (Å²) in [4.78, 5) is 27.3. The number of para-hydroxylation sites is 1. The molecule has 0 aromatic heterocycles. The highest BCUT2D eigenvalue weighted by Crippen LogP contribution is 2.27. The van der Waals surface area contributed by atoms with Gasteiger partial charge in [0.25, 0.3) is 5.91 Å². The molecule has 1 aliphatic heterocycles. The second-order valence-corrected chi connectivity index (χ2v) is 7.79. The molecule has 30 heavy (non-hydrogen) atoms. The Bertz CT molecular complexity index is 948. The molecule has 1 N–H and O–H groups in total. The van der Waals surface area contributed by atoms with E-state index >= 15 is 0 Å². The lowest BCUT2D eigenvalue weighted by molar-refractivity contribution is -0.121. The van der Waals surface area contributed by atoms with E-state index in [1.54, 1.807) is 11.0 Å². The number of amides is 2. The molecule has 0 radical (unpaired) electrons. The highest BCUT2D eigenvalue weighted by Gasteiger charge is 2.30. The largest absolute Gasteiger partial charge is 0.434 e. The molecule has 1 aliphatic carbocycles. The summed E-state index contributed by atoms with van der Waals surface area (Å²) in [6, 6.07) is 12.0. The summed E-state index contributed by atoms with van der Waals surface area (Å²) >= 11 is 0. The van der Waals surface area contributed by atoms with E-state index < -0.39 is 12.5 Å². The number of piperidine rings is 1. The Labute approximate surface area is 174 Å². The van der Waals surface area contributed by atoms with Gasteiger partial charge in [0.15, 0.2) is 0 Å². The maximum atomic E-state index is 12.9. The fraction of sp³-hybridized carbons (Fsp3) is 0.391. The van der Waals surface area contributed by atoms with E-state index in [-0.39, 0.29) is 29.7 Å². The highest BCUT2D eigenvalue weighted by atomic mass is 19.3. The minimum Gasteiger partial charge on any atom is -0.434 e. The van der Waals surface area contributed by atoms with Gasteiger partial charge in [-0.2, -0.15) is 8.78 Å². The van der Waals surface area contributed by atoms with Gasteiger partial charge in [-0.25, -0.2) is 0 Å². The fourth-order valence-corrected chi connectivity index (χ4v) is 4.28. The molecule has 2 amide bonds. The first kappa shape index (κ1) is 20.3. The van der Waals surface area contributed by atoms with Crippen molar-refractivity contribution in [1.29, 1.82) is 0 Å². The van der Waals surface area contributed by atoms with E-state index in [1.807, 2.05) is 12.1 Å². The van der Waals surface area contributed by atoms with Gasteiger partial charge in [-0.1, -0.05) is 18.2 Å². The van der Waals surface area contributed by atoms with Gasteiger partial charge in [0.2, 0.25) is 5.91 Å². The number of likely N-dealkylation sites (tertiary alicyclic amines) is 1. The van der Waals surface area contributed by atoms with Crippen molar-refractivity contribution in [3.05, 3.63) is 59.2 Å². The molecule has 1 saturated heterocycles. The summed E-state index contributed by atoms with van der Waals surface area (Å²) in [5, 5.41) is 2.98. The molecule has 5 nitrogen and oxygen atoms in total. The van der Waals surface area contributed by atoms with Crippen LogP contribution in [0.3, 0.4) is 0 Å². The van der Waals surface area contributed by atoms with Gasteiger partial charge in [0.1, 0.15) is 5.75 Å². The van der Waals surface area contributed by atoms with Crippen molar-refractivity contribution in [2.75, 3.05) is 18.4 Å². The van der Waals surface area contributed by atoms with E-state index in [9.17, 15) is 18.4 Å². The van der Waals surface area contributed by atoms with Crippen LogP contribution in [0.25, 0.3) is 0 Å². The Morgan fingerprint density at radius 2 is 1.87 bits per heavy atom. The smallest absolute Gasteiger partial charge is 0.387 e. The number of nitrogens with one attached hydrogen (secondary N) is 1. The van der Waals surface area contributed by atoms with Crippen molar-refractivity contribution in [1.82, 2.24) is 4.90 Å². The summed E-state index contributed by atoms with van der Waals surface area (Å²) in [6.07, 6.45) is 4.61. The van der Waals surface area contributed by atoms with E-state index in [0.29, 0.717) is 19.4 Å². The number of anilines is 1. The third-order valence-electron chi connectivity index (χ3n) is 5.78. The zero-order valence-corrected chi connectivity index (χ0v) is 16.6. The molecule has 2 aliphatic rings. The fourth-order valence-electron chi connectivity index (χ4n) is 4.28. The van der Waals surface area contributed by atoms with Gasteiger partial charge in [0.05, 0.1) is 11.5 Å². The van der Waals surface area contributed by atoms with Crippen molar-refractivity contribution < 1.29 is 23.1 Å². The van der Waals surface area contributed by atoms with Crippen molar-refractivity contribution >= 4 is 17.5 Å². The maximum Gasteiger partial charge on any atom is 0.387 e. The van der Waals surface area contributed by atoms with Crippen LogP contribution in [0.1, 0.15) is 40.7 Å². The number of benzene rings is 2. The SMILES string of the molecule is O=C(Nc1ccc2c(c1)CCC2)C1CCCN(C(=O)c2ccccc2OC(F)F)C1. The van der Waals surface area contributed by atoms with Gasteiger partial charge in [-0.3, -0.25) is 9.59 Å². The molecular formula is C23H24F2N2O3. The zero-order chi connectivity index (χ0) is 21.1. The molecule has 158 valence electrons. The number of hydrogen-bond donors (Lipinski definition) is 1. The van der Waals surface area contributed by atoms with Crippen molar-refractivity contribution in [2.45, 2.75) is 38.7 Å². The first-order valence-electron chi connectivity index (χ1n) is 10.3. The molecule has 1 unspecified atom stereocenters. The maximum absolute atomic E-state index is 12.9. The number of fused-ring (bicyclic) bond motifs is 1. The van der Waals surface area contributed by atoms with Crippen LogP contribution in [0.5, 0.6) is 5.75 Å². The van der Waals surface area contributed by atoms with Crippen LogP contribution < -0.4 is 10.1 Å². The average Bonchev–Trinajstić information content (AvgIpc) is 3.21. The third kappa shape index (κ3) is 4.45. The predicted molar refractivity (Wildman–Crippen MR) is 109 cm³/mol. The normalized spacial score (nSPS) is 18.2. The minimum atomic E-state index is -3.01. The van der Waals surface area contributed by atoms with E-state index in [2.05, 4.69) is 16.1 Å². The molecule has 2 aromatic carbocycles. The molecule has 1 atom stereocenters. The first-order chi connectivity index (χ1) is 14.5. The van der Waals surface area contributed by atoms with Crippen LogP contribution in [0.4, 0.5) is 14.5 Å². The Kier molecular flexibility index (Phi) is 5.97. The summed E-state index contributed by atoms with van der Waals surface area (Å²) < 4.78 is 29.8. The van der Waals surface area contributed by atoms with Crippen LogP contribution in [-0.2, 0) is 17.6 Å². The first-order valence-corrected chi connectivity index (χ1v) is 10.3. The van der Waals surface area contributed by atoms with Crippen LogP contribution in [0.2, 0.25) is 0 Å². The van der Waals surface area contributed by atoms with Gasteiger partial charge in [-0.15, -0.1) is 0 Å². The second kappa shape index (κ2) is 8.81. The molecule has 1 heterocycles. The monoisotopic (exact) mass is 414 g/mol. The average molecular weight is 414 g/mol. The Morgan fingerprint density at radius 1 is 1.07 bits per heavy atom. The zero-order valence-electron chi connectivity index (χ0n) is 16.6. The number of hydrogen-bond acceptors (Lipinski definition) is 3. The lowest BCUT2D eigenvalue weighted by Crippen LogP contribution is -2.43. The number of alkyl halides is 2. The molecule has 1 fully saturated rings. The van der Waals surface area contributed by atoms with Gasteiger partial charge in [0, 0.05) is 18.8 Å². The van der Waals surface area contributed by atoms with Crippen molar-refractivity contribution in [3.8, 4) is 5.75 Å². The number of halogens is 2. The summed E-state index contributed by atoms with van der Waals surface area (Å²) in [5.74, 6) is -1.02. The topological polar surface area (TPSA) is 58.6 Å². The molecule has 0 saturated carbocycles. The number of carbonyl (C=O) groups excluding carboxylic acids is 2. The standard InChI is InChI=1S/C23H24F2N2O3/c24-23(25)30-20-9-2-1-8-19(20)22(29)27-12-4-7-17(14-27)21(28)26-18-11-10-15-5-3-6-16(15)13-18/h1-2,8-11,13,17,23H,3-7,12,14H2,(H,26,28). The molecule has 7 heteroatoms. The summed E-state index contributed by atoms with van der Waals surface area (Å²) in [7, 11) is 0. The molecule has 2 aromatic rings. The van der Waals surface area contributed by atoms with Gasteiger partial charge < -0.3 is 15.0 Å². The van der Waals surface area contributed by atoms with Gasteiger partial charge >= 0.3 is 6.61 Å². The summed E-state index contributed by atoms with van der Waals surface area (Å²) in [6.45, 7) is -2.28. The Morgan fingerprint density at radius 3 is 2.70 bits per heavy atom. The number of carbonyl (C=O) groups is 2. The van der Waals surface area contributed by atoms with Crippen LogP contribution in [-0.4, -0.2) is 36.4 Å². The third-order valence-corrected chi connectivity index (χ3v) is 5.78. The number of ether oxygens (including phenoxy) is 1.